The van der Waals surface area contributed by atoms with Crippen LogP contribution < -0.4 is 5.32 Å². The number of benzene rings is 1. The van der Waals surface area contributed by atoms with Crippen LogP contribution in [0.25, 0.3) is 10.6 Å². The molecule has 4 heteroatoms. The number of nitrogens with zero attached hydrogens (tertiary/aromatic N) is 1. The topological polar surface area (TPSA) is 24.9 Å². The summed E-state index contributed by atoms with van der Waals surface area (Å²) in [5.74, 6) is -0.215. The van der Waals surface area contributed by atoms with Gasteiger partial charge in [0.2, 0.25) is 0 Å². The summed E-state index contributed by atoms with van der Waals surface area (Å²) in [6, 6.07) is 5.26. The van der Waals surface area contributed by atoms with Gasteiger partial charge in [-0.05, 0) is 24.6 Å². The number of nitrogens with one attached hydrogen (secondary N) is 1. The average molecular weight is 264 g/mol. The Morgan fingerprint density at radius 3 is 2.89 bits per heavy atom. The second-order valence-corrected chi connectivity index (χ2v) is 5.50. The summed E-state index contributed by atoms with van der Waals surface area (Å²) >= 11 is 1.56. The van der Waals surface area contributed by atoms with E-state index < -0.39 is 0 Å². The van der Waals surface area contributed by atoms with Crippen molar-refractivity contribution in [3.8, 4) is 10.6 Å². The van der Waals surface area contributed by atoms with Crippen LogP contribution in [0, 0.1) is 12.7 Å². The molecule has 1 heterocycles. The van der Waals surface area contributed by atoms with Crippen molar-refractivity contribution in [3.05, 3.63) is 40.7 Å². The lowest BCUT2D eigenvalue weighted by atomic mass is 10.1. The number of aryl methyl sites for hydroxylation is 1. The highest BCUT2D eigenvalue weighted by Gasteiger charge is 2.08. The van der Waals surface area contributed by atoms with Gasteiger partial charge in [-0.1, -0.05) is 19.9 Å². The van der Waals surface area contributed by atoms with Gasteiger partial charge in [0.1, 0.15) is 10.8 Å². The number of thiazole rings is 1. The molecule has 2 rings (SSSR count). The molecule has 96 valence electrons. The van der Waals surface area contributed by atoms with Gasteiger partial charge in [0, 0.05) is 23.5 Å². The molecular weight excluding hydrogens is 247 g/mol. The third kappa shape index (κ3) is 3.15. The van der Waals surface area contributed by atoms with E-state index in [1.807, 2.05) is 12.3 Å². The SMILES string of the molecule is Cc1ccc(F)cc1-c1nc(CNC(C)C)cs1. The van der Waals surface area contributed by atoms with Crippen LogP contribution in [0.1, 0.15) is 25.1 Å². The molecule has 0 unspecified atom stereocenters. The van der Waals surface area contributed by atoms with Crippen molar-refractivity contribution in [1.82, 2.24) is 10.3 Å². The van der Waals surface area contributed by atoms with Crippen LogP contribution in [0.2, 0.25) is 0 Å². The van der Waals surface area contributed by atoms with Crippen LogP contribution in [-0.4, -0.2) is 11.0 Å². The van der Waals surface area contributed by atoms with E-state index in [-0.39, 0.29) is 5.82 Å². The van der Waals surface area contributed by atoms with Crippen molar-refractivity contribution in [2.45, 2.75) is 33.4 Å². The second kappa shape index (κ2) is 5.59. The first-order valence-electron chi connectivity index (χ1n) is 6.00. The van der Waals surface area contributed by atoms with Gasteiger partial charge in [-0.15, -0.1) is 11.3 Å². The zero-order chi connectivity index (χ0) is 13.1. The standard InChI is InChI=1S/C14H17FN2S/c1-9(2)16-7-12-8-18-14(17-12)13-6-11(15)5-4-10(13)3/h4-6,8-9,16H,7H2,1-3H3. The fourth-order valence-electron chi connectivity index (χ4n) is 1.65. The highest BCUT2D eigenvalue weighted by atomic mass is 32.1. The predicted molar refractivity (Wildman–Crippen MR) is 74.2 cm³/mol. The van der Waals surface area contributed by atoms with Crippen LogP contribution in [0.3, 0.4) is 0 Å². The number of aromatic nitrogens is 1. The molecule has 0 fully saturated rings. The smallest absolute Gasteiger partial charge is 0.124 e. The van der Waals surface area contributed by atoms with Crippen LogP contribution in [-0.2, 0) is 6.54 Å². The van der Waals surface area contributed by atoms with E-state index in [2.05, 4.69) is 24.1 Å². The molecule has 1 aromatic carbocycles. The van der Waals surface area contributed by atoms with Crippen molar-refractivity contribution in [2.24, 2.45) is 0 Å². The van der Waals surface area contributed by atoms with Crippen LogP contribution in [0.4, 0.5) is 4.39 Å². The summed E-state index contributed by atoms with van der Waals surface area (Å²) in [5, 5.41) is 6.23. The Morgan fingerprint density at radius 2 is 2.17 bits per heavy atom. The van der Waals surface area contributed by atoms with Crippen LogP contribution in [0.15, 0.2) is 23.6 Å². The highest BCUT2D eigenvalue weighted by Crippen LogP contribution is 2.27. The average Bonchev–Trinajstić information content (AvgIpc) is 2.78. The second-order valence-electron chi connectivity index (χ2n) is 4.64. The van der Waals surface area contributed by atoms with Crippen molar-refractivity contribution in [2.75, 3.05) is 0 Å². The molecule has 0 radical (unpaired) electrons. The molecule has 0 bridgehead atoms. The largest absolute Gasteiger partial charge is 0.309 e. The molecule has 1 N–H and O–H groups in total. The summed E-state index contributed by atoms with van der Waals surface area (Å²) in [6.07, 6.45) is 0. The molecule has 0 aliphatic carbocycles. The van der Waals surface area contributed by atoms with Crippen molar-refractivity contribution in [1.29, 1.82) is 0 Å². The monoisotopic (exact) mass is 264 g/mol. The number of hydrogen-bond donors (Lipinski definition) is 1. The number of hydrogen-bond acceptors (Lipinski definition) is 3. The Morgan fingerprint density at radius 1 is 1.39 bits per heavy atom. The zero-order valence-corrected chi connectivity index (χ0v) is 11.6. The molecule has 0 saturated carbocycles. The Bertz CT molecular complexity index is 534. The molecule has 0 aliphatic rings. The fraction of sp³-hybridized carbons (Fsp3) is 0.357. The number of halogens is 1. The zero-order valence-electron chi connectivity index (χ0n) is 10.8. The summed E-state index contributed by atoms with van der Waals surface area (Å²) in [4.78, 5) is 4.54. The van der Waals surface area contributed by atoms with Gasteiger partial charge >= 0.3 is 0 Å². The van der Waals surface area contributed by atoms with E-state index in [9.17, 15) is 4.39 Å². The highest BCUT2D eigenvalue weighted by molar-refractivity contribution is 7.13. The molecule has 1 aromatic heterocycles. The first-order valence-corrected chi connectivity index (χ1v) is 6.88. The maximum absolute atomic E-state index is 13.3. The van der Waals surface area contributed by atoms with E-state index in [0.29, 0.717) is 6.04 Å². The van der Waals surface area contributed by atoms with Gasteiger partial charge in [0.25, 0.3) is 0 Å². The van der Waals surface area contributed by atoms with Crippen molar-refractivity contribution in [3.63, 3.8) is 0 Å². The minimum atomic E-state index is -0.215. The molecular formula is C14H17FN2S. The van der Waals surface area contributed by atoms with Gasteiger partial charge in [-0.3, -0.25) is 0 Å². The predicted octanol–water partition coefficient (Wildman–Crippen LogP) is 3.76. The Hall–Kier alpha value is -1.26. The summed E-state index contributed by atoms with van der Waals surface area (Å²) in [7, 11) is 0. The minimum Gasteiger partial charge on any atom is -0.309 e. The maximum Gasteiger partial charge on any atom is 0.124 e. The molecule has 2 nitrogen and oxygen atoms in total. The van der Waals surface area contributed by atoms with E-state index in [1.54, 1.807) is 23.5 Å². The Labute approximate surface area is 111 Å². The summed E-state index contributed by atoms with van der Waals surface area (Å²) in [6.45, 7) is 6.93. The normalized spacial score (nSPS) is 11.2. The summed E-state index contributed by atoms with van der Waals surface area (Å²) < 4.78 is 13.3. The van der Waals surface area contributed by atoms with Gasteiger partial charge in [0.15, 0.2) is 0 Å². The van der Waals surface area contributed by atoms with E-state index in [1.165, 1.54) is 6.07 Å². The summed E-state index contributed by atoms with van der Waals surface area (Å²) in [5.41, 5.74) is 2.94. The minimum absolute atomic E-state index is 0.215. The lowest BCUT2D eigenvalue weighted by Gasteiger charge is -2.05. The van der Waals surface area contributed by atoms with Crippen molar-refractivity contribution >= 4 is 11.3 Å². The molecule has 0 saturated heterocycles. The first kappa shape index (κ1) is 13.2. The third-order valence-corrected chi connectivity index (χ3v) is 3.60. The third-order valence-electron chi connectivity index (χ3n) is 2.67. The lowest BCUT2D eigenvalue weighted by molar-refractivity contribution is 0.583. The molecule has 18 heavy (non-hydrogen) atoms. The van der Waals surface area contributed by atoms with Gasteiger partial charge in [-0.25, -0.2) is 9.37 Å². The molecule has 2 aromatic rings. The maximum atomic E-state index is 13.3. The van der Waals surface area contributed by atoms with E-state index in [4.69, 9.17) is 0 Å². The van der Waals surface area contributed by atoms with Crippen LogP contribution >= 0.6 is 11.3 Å². The van der Waals surface area contributed by atoms with Crippen molar-refractivity contribution < 1.29 is 4.39 Å². The lowest BCUT2D eigenvalue weighted by Crippen LogP contribution is -2.21. The molecule has 0 amide bonds. The van der Waals surface area contributed by atoms with E-state index in [0.717, 1.165) is 28.4 Å². The van der Waals surface area contributed by atoms with Gasteiger partial charge in [-0.2, -0.15) is 0 Å². The fourth-order valence-corrected chi connectivity index (χ4v) is 2.55. The van der Waals surface area contributed by atoms with E-state index >= 15 is 0 Å². The molecule has 0 aliphatic heterocycles. The molecule has 0 spiro atoms. The number of rotatable bonds is 4. The Balaban J connectivity index is 2.21. The van der Waals surface area contributed by atoms with Gasteiger partial charge in [0.05, 0.1) is 5.69 Å². The van der Waals surface area contributed by atoms with Crippen LogP contribution in [0.5, 0.6) is 0 Å². The Kier molecular flexibility index (Phi) is 4.09. The molecule has 0 atom stereocenters. The quantitative estimate of drug-likeness (QED) is 0.909. The first-order chi connectivity index (χ1) is 8.56. The van der Waals surface area contributed by atoms with Gasteiger partial charge < -0.3 is 5.32 Å².